The highest BCUT2D eigenvalue weighted by Gasteiger charge is 2.29. The Kier molecular flexibility index (Phi) is 6.91. The number of hydrogen-bond acceptors (Lipinski definition) is 0. The average Bonchev–Trinajstić information content (AvgIpc) is 4.13. The average molecular weight is 885 g/mol. The van der Waals surface area contributed by atoms with Crippen LogP contribution in [0.25, 0.3) is 173 Å². The number of rotatable bonds is 4. The highest BCUT2D eigenvalue weighted by Crippen LogP contribution is 2.58. The largest absolute Gasteiger partial charge is 0.0622 e. The van der Waals surface area contributed by atoms with Crippen LogP contribution in [0.2, 0.25) is 0 Å². The lowest BCUT2D eigenvalue weighted by Gasteiger charge is -2.15. The highest BCUT2D eigenvalue weighted by atomic mass is 14.3. The van der Waals surface area contributed by atoms with Crippen LogP contribution in [0, 0.1) is 0 Å². The van der Waals surface area contributed by atoms with Gasteiger partial charge in [0.15, 0.2) is 0 Å². The van der Waals surface area contributed by atoms with Crippen molar-refractivity contribution in [2.45, 2.75) is 39.5 Å². The van der Waals surface area contributed by atoms with Crippen molar-refractivity contribution in [3.63, 3.8) is 0 Å². The molecule has 0 unspecified atom stereocenters. The smallest absolute Gasteiger partial charge is 0.000696 e. The Hall–Kier alpha value is -8.32. The molecule has 0 heterocycles. The van der Waals surface area contributed by atoms with E-state index in [0.29, 0.717) is 11.8 Å². The molecule has 70 heavy (non-hydrogen) atoms. The van der Waals surface area contributed by atoms with Gasteiger partial charge in [0.05, 0.1) is 0 Å². The molecule has 0 aromatic heterocycles. The summed E-state index contributed by atoms with van der Waals surface area (Å²) < 4.78 is 0. The molecule has 17 aromatic rings. The molecule has 0 fully saturated rings. The van der Waals surface area contributed by atoms with E-state index in [2.05, 4.69) is 210 Å². The van der Waals surface area contributed by atoms with Crippen LogP contribution in [0.3, 0.4) is 0 Å². The first-order chi connectivity index (χ1) is 34.4. The van der Waals surface area contributed by atoms with Crippen molar-refractivity contribution in [1.82, 2.24) is 0 Å². The molecule has 0 aliphatic heterocycles. The van der Waals surface area contributed by atoms with Crippen LogP contribution in [-0.2, 0) is 0 Å². The van der Waals surface area contributed by atoms with E-state index in [1.165, 1.54) is 184 Å². The Bertz CT molecular complexity index is 5050. The van der Waals surface area contributed by atoms with E-state index < -0.39 is 0 Å². The van der Waals surface area contributed by atoms with E-state index in [1.807, 2.05) is 0 Å². The second-order valence-corrected chi connectivity index (χ2v) is 21.2. The Morgan fingerprint density at radius 1 is 0.200 bits per heavy atom. The normalized spacial score (nSPS) is 13.1. The fourth-order valence-electron chi connectivity index (χ4n) is 14.4. The van der Waals surface area contributed by atoms with Crippen LogP contribution in [-0.4, -0.2) is 0 Å². The fraction of sp³-hybridized carbons (Fsp3) is 0.0857. The lowest BCUT2D eigenvalue weighted by atomic mass is 9.87. The van der Waals surface area contributed by atoms with E-state index in [0.717, 1.165) is 0 Å². The summed E-state index contributed by atoms with van der Waals surface area (Å²) in [5.74, 6) is 0.917. The maximum atomic E-state index is 2.50. The summed E-state index contributed by atoms with van der Waals surface area (Å²) in [5, 5.41) is 38.2. The summed E-state index contributed by atoms with van der Waals surface area (Å²) in [4.78, 5) is 0. The molecule has 0 atom stereocenters. The SMILES string of the molecule is CC(C)c1ccc(-c2c3cccc4c5cc(C(C)C)ccc5c(c34)c3c4ccc5c6ccc7c8c(-c9ccccc9)c9cccc%10c%11ccccc%11c(c9%10)c8c8ccc(c9ccc(c23)c4c95)c6c78)cc1. The van der Waals surface area contributed by atoms with Crippen LogP contribution in [0.1, 0.15) is 50.7 Å². The van der Waals surface area contributed by atoms with Crippen LogP contribution >= 0.6 is 0 Å². The molecule has 0 spiro atoms. The van der Waals surface area contributed by atoms with E-state index >= 15 is 0 Å². The zero-order valence-corrected chi connectivity index (χ0v) is 39.5. The van der Waals surface area contributed by atoms with Gasteiger partial charge in [0.1, 0.15) is 0 Å². The quantitative estimate of drug-likeness (QED) is 0.122. The van der Waals surface area contributed by atoms with Crippen molar-refractivity contribution in [2.24, 2.45) is 0 Å². The van der Waals surface area contributed by atoms with Crippen LogP contribution in [0.4, 0.5) is 0 Å². The monoisotopic (exact) mass is 884 g/mol. The number of fused-ring (bicyclic) bond motifs is 16. The summed E-state index contributed by atoms with van der Waals surface area (Å²) in [6.07, 6.45) is 0. The van der Waals surface area contributed by atoms with Crippen molar-refractivity contribution in [3.05, 3.63) is 193 Å². The molecule has 0 aliphatic carbocycles. The lowest BCUT2D eigenvalue weighted by Crippen LogP contribution is -1.89. The van der Waals surface area contributed by atoms with E-state index in [4.69, 9.17) is 0 Å². The van der Waals surface area contributed by atoms with Crippen LogP contribution in [0.15, 0.2) is 182 Å². The Labute approximate surface area is 403 Å². The maximum absolute atomic E-state index is 2.50. The third kappa shape index (κ3) is 4.34. The minimum absolute atomic E-state index is 0.450. The lowest BCUT2D eigenvalue weighted by molar-refractivity contribution is 0.867. The summed E-state index contributed by atoms with van der Waals surface area (Å²) in [5.41, 5.74) is 8.01. The molecule has 0 saturated carbocycles. The topological polar surface area (TPSA) is 0 Å². The standard InChI is InChI=1S/C70H44/c1-35(2)37-20-22-39(23-21-37)58-51-19-11-17-44-56-34-40(36(3)4)24-25-49(56)66(62(44)51)70-55-33-29-48-45-26-30-52-63-54(32-28-47(59(45)63)46-27-31-53(68(58)70)64(55)60(46)48)69-65-43-15-9-8-14-41(43)42-16-10-18-50(61(42)65)57(67(52)69)38-12-6-5-7-13-38/h5-36H,1-4H3. The summed E-state index contributed by atoms with van der Waals surface area (Å²) in [7, 11) is 0. The summed E-state index contributed by atoms with van der Waals surface area (Å²) >= 11 is 0. The van der Waals surface area contributed by atoms with Crippen LogP contribution in [0.5, 0.6) is 0 Å². The first-order valence-corrected chi connectivity index (χ1v) is 25.3. The van der Waals surface area contributed by atoms with Gasteiger partial charge in [-0.2, -0.15) is 0 Å². The maximum Gasteiger partial charge on any atom is -0.000696 e. The van der Waals surface area contributed by atoms with E-state index in [9.17, 15) is 0 Å². The molecule has 0 heteroatoms. The number of benzene rings is 13. The highest BCUT2D eigenvalue weighted by molar-refractivity contribution is 6.54. The molecule has 324 valence electrons. The molecular formula is C70H44. The van der Waals surface area contributed by atoms with Crippen molar-refractivity contribution in [3.8, 4) is 22.3 Å². The fourth-order valence-corrected chi connectivity index (χ4v) is 14.4. The minimum atomic E-state index is 0.450. The van der Waals surface area contributed by atoms with Crippen LogP contribution < -0.4 is 0 Å². The predicted octanol–water partition coefficient (Wildman–Crippen LogP) is 20.6. The van der Waals surface area contributed by atoms with E-state index in [1.54, 1.807) is 0 Å². The molecule has 0 bridgehead atoms. The summed E-state index contributed by atoms with van der Waals surface area (Å²) in [6.45, 7) is 9.22. The third-order valence-corrected chi connectivity index (χ3v) is 17.3. The van der Waals surface area contributed by atoms with Gasteiger partial charge in [-0.1, -0.05) is 210 Å². The number of hydrogen-bond donors (Lipinski definition) is 0. The van der Waals surface area contributed by atoms with Gasteiger partial charge in [-0.15, -0.1) is 0 Å². The van der Waals surface area contributed by atoms with Gasteiger partial charge in [0, 0.05) is 0 Å². The van der Waals surface area contributed by atoms with Crippen molar-refractivity contribution < 1.29 is 0 Å². The van der Waals surface area contributed by atoms with Gasteiger partial charge in [-0.05, 0) is 196 Å². The van der Waals surface area contributed by atoms with Gasteiger partial charge in [-0.25, -0.2) is 0 Å². The minimum Gasteiger partial charge on any atom is -0.0622 e. The Balaban J connectivity index is 1.06. The molecule has 0 radical (unpaired) electrons. The van der Waals surface area contributed by atoms with Crippen molar-refractivity contribution in [2.75, 3.05) is 0 Å². The van der Waals surface area contributed by atoms with Gasteiger partial charge in [0.25, 0.3) is 0 Å². The predicted molar refractivity (Wildman–Crippen MR) is 307 cm³/mol. The van der Waals surface area contributed by atoms with Gasteiger partial charge in [0.2, 0.25) is 0 Å². The van der Waals surface area contributed by atoms with Gasteiger partial charge >= 0.3 is 0 Å². The second-order valence-electron chi connectivity index (χ2n) is 21.2. The zero-order chi connectivity index (χ0) is 46.0. The van der Waals surface area contributed by atoms with Crippen molar-refractivity contribution in [1.29, 1.82) is 0 Å². The Morgan fingerprint density at radius 2 is 0.514 bits per heavy atom. The first kappa shape index (κ1) is 37.6. The molecule has 17 rings (SSSR count). The second kappa shape index (κ2) is 12.9. The van der Waals surface area contributed by atoms with Crippen molar-refractivity contribution >= 4 is 151 Å². The zero-order valence-electron chi connectivity index (χ0n) is 39.5. The van der Waals surface area contributed by atoms with Gasteiger partial charge < -0.3 is 0 Å². The first-order valence-electron chi connectivity index (χ1n) is 25.3. The summed E-state index contributed by atoms with van der Waals surface area (Å²) in [6, 6.07) is 71.0. The molecule has 0 amide bonds. The molecule has 0 N–H and O–H groups in total. The Morgan fingerprint density at radius 3 is 1.04 bits per heavy atom. The molecule has 0 aliphatic rings. The molecule has 17 aromatic carbocycles. The molecular weight excluding hydrogens is 841 g/mol. The third-order valence-electron chi connectivity index (χ3n) is 17.3. The molecule has 0 saturated heterocycles. The molecule has 0 nitrogen and oxygen atoms in total. The van der Waals surface area contributed by atoms with E-state index in [-0.39, 0.29) is 0 Å². The van der Waals surface area contributed by atoms with Gasteiger partial charge in [-0.3, -0.25) is 0 Å².